The van der Waals surface area contributed by atoms with Crippen molar-refractivity contribution in [2.24, 2.45) is 12.8 Å². The first-order valence-corrected chi connectivity index (χ1v) is 7.36. The summed E-state index contributed by atoms with van der Waals surface area (Å²) in [5.74, 6) is 0.795. The molecule has 0 aliphatic carbocycles. The third-order valence-corrected chi connectivity index (χ3v) is 4.32. The fourth-order valence-electron chi connectivity index (χ4n) is 1.63. The predicted octanol–water partition coefficient (Wildman–Crippen LogP) is 2.68. The molecule has 1 atom stereocenters. The Kier molecular flexibility index (Phi) is 4.42. The van der Waals surface area contributed by atoms with Gasteiger partial charge in [0.1, 0.15) is 0 Å². The zero-order valence-corrected chi connectivity index (χ0v) is 12.7. The van der Waals surface area contributed by atoms with E-state index < -0.39 is 0 Å². The van der Waals surface area contributed by atoms with Gasteiger partial charge in [-0.1, -0.05) is 22.9 Å². The quantitative estimate of drug-likeness (QED) is 0.877. The van der Waals surface area contributed by atoms with E-state index in [2.05, 4.69) is 57.4 Å². The minimum Gasteiger partial charge on any atom is -0.322 e. The second kappa shape index (κ2) is 5.86. The van der Waals surface area contributed by atoms with Crippen LogP contribution < -0.4 is 5.73 Å². The molecule has 0 aliphatic rings. The summed E-state index contributed by atoms with van der Waals surface area (Å²) in [5.41, 5.74) is 8.36. The van der Waals surface area contributed by atoms with Crippen molar-refractivity contribution in [3.63, 3.8) is 0 Å². The van der Waals surface area contributed by atoms with Crippen molar-refractivity contribution in [3.05, 3.63) is 40.1 Å². The molecule has 0 radical (unpaired) electrons. The lowest BCUT2D eigenvalue weighted by Gasteiger charge is -2.11. The number of nitrogens with zero attached hydrogens (tertiary/aromatic N) is 3. The lowest BCUT2D eigenvalue weighted by atomic mass is 10.2. The largest absolute Gasteiger partial charge is 0.322 e. The molecule has 0 aliphatic heterocycles. The van der Waals surface area contributed by atoms with Crippen molar-refractivity contribution in [2.75, 3.05) is 5.75 Å². The molecule has 2 N–H and O–H groups in total. The highest BCUT2D eigenvalue weighted by Crippen LogP contribution is 2.26. The number of aryl methyl sites for hydroxylation is 2. The molecule has 96 valence electrons. The molecule has 6 heteroatoms. The van der Waals surface area contributed by atoms with Crippen LogP contribution in [0.4, 0.5) is 0 Å². The maximum Gasteiger partial charge on any atom is 0.153 e. The molecule has 0 saturated carbocycles. The third-order valence-electron chi connectivity index (χ3n) is 2.63. The van der Waals surface area contributed by atoms with Crippen LogP contribution in [0.1, 0.15) is 17.3 Å². The SMILES string of the molecule is Cc1ccc(SCC(N)c2c(Br)nnn2C)cc1. The van der Waals surface area contributed by atoms with Crippen molar-refractivity contribution >= 4 is 27.7 Å². The van der Waals surface area contributed by atoms with E-state index in [1.54, 1.807) is 16.4 Å². The molecule has 1 unspecified atom stereocenters. The Morgan fingerprint density at radius 1 is 1.39 bits per heavy atom. The minimum atomic E-state index is -0.0920. The molecule has 1 aromatic heterocycles. The molecular formula is C12H15BrN4S. The average molecular weight is 327 g/mol. The van der Waals surface area contributed by atoms with Crippen LogP contribution in [0.2, 0.25) is 0 Å². The summed E-state index contributed by atoms with van der Waals surface area (Å²) in [6.45, 7) is 2.08. The van der Waals surface area contributed by atoms with Crippen LogP contribution in [-0.2, 0) is 7.05 Å². The average Bonchev–Trinajstić information content (AvgIpc) is 2.68. The van der Waals surface area contributed by atoms with Crippen molar-refractivity contribution in [1.82, 2.24) is 15.0 Å². The van der Waals surface area contributed by atoms with Crippen LogP contribution in [0.5, 0.6) is 0 Å². The summed E-state index contributed by atoms with van der Waals surface area (Å²) >= 11 is 5.11. The Morgan fingerprint density at radius 2 is 2.06 bits per heavy atom. The summed E-state index contributed by atoms with van der Waals surface area (Å²) in [6.07, 6.45) is 0. The van der Waals surface area contributed by atoms with Crippen molar-refractivity contribution in [3.8, 4) is 0 Å². The Labute approximate surface area is 119 Å². The van der Waals surface area contributed by atoms with E-state index >= 15 is 0 Å². The van der Waals surface area contributed by atoms with Crippen LogP contribution in [0, 0.1) is 6.92 Å². The zero-order chi connectivity index (χ0) is 13.1. The van der Waals surface area contributed by atoms with Gasteiger partial charge in [0.05, 0.1) is 11.7 Å². The highest BCUT2D eigenvalue weighted by molar-refractivity contribution is 9.10. The van der Waals surface area contributed by atoms with Crippen LogP contribution in [0.25, 0.3) is 0 Å². The normalized spacial score (nSPS) is 12.7. The number of thioether (sulfide) groups is 1. The number of hydrogen-bond donors (Lipinski definition) is 1. The van der Waals surface area contributed by atoms with Gasteiger partial charge in [-0.3, -0.25) is 0 Å². The number of aromatic nitrogens is 3. The van der Waals surface area contributed by atoms with Crippen LogP contribution in [0.3, 0.4) is 0 Å². The summed E-state index contributed by atoms with van der Waals surface area (Å²) in [4.78, 5) is 1.22. The van der Waals surface area contributed by atoms with Gasteiger partial charge in [0, 0.05) is 17.7 Å². The number of halogens is 1. The first kappa shape index (κ1) is 13.6. The van der Waals surface area contributed by atoms with Crippen LogP contribution in [-0.4, -0.2) is 20.7 Å². The van der Waals surface area contributed by atoms with Gasteiger partial charge < -0.3 is 5.73 Å². The van der Waals surface area contributed by atoms with Crippen molar-refractivity contribution < 1.29 is 0 Å². The fraction of sp³-hybridized carbons (Fsp3) is 0.333. The zero-order valence-electron chi connectivity index (χ0n) is 10.3. The molecule has 18 heavy (non-hydrogen) atoms. The highest BCUT2D eigenvalue weighted by Gasteiger charge is 2.16. The molecule has 4 nitrogen and oxygen atoms in total. The number of nitrogens with two attached hydrogens (primary N) is 1. The van der Waals surface area contributed by atoms with E-state index in [1.165, 1.54) is 10.5 Å². The van der Waals surface area contributed by atoms with E-state index in [1.807, 2.05) is 7.05 Å². The van der Waals surface area contributed by atoms with Crippen LogP contribution >= 0.6 is 27.7 Å². The van der Waals surface area contributed by atoms with Gasteiger partial charge in [0.15, 0.2) is 4.60 Å². The van der Waals surface area contributed by atoms with E-state index in [4.69, 9.17) is 5.73 Å². The molecule has 0 amide bonds. The number of benzene rings is 1. The van der Waals surface area contributed by atoms with E-state index in [9.17, 15) is 0 Å². The van der Waals surface area contributed by atoms with E-state index in [0.29, 0.717) is 0 Å². The topological polar surface area (TPSA) is 56.7 Å². The summed E-state index contributed by atoms with van der Waals surface area (Å²) in [5, 5.41) is 7.88. The number of rotatable bonds is 4. The van der Waals surface area contributed by atoms with Gasteiger partial charge in [-0.05, 0) is 35.0 Å². The van der Waals surface area contributed by atoms with E-state index in [0.717, 1.165) is 16.0 Å². The van der Waals surface area contributed by atoms with Gasteiger partial charge in [-0.15, -0.1) is 16.9 Å². The summed E-state index contributed by atoms with van der Waals surface area (Å²) < 4.78 is 2.44. The molecule has 1 aromatic carbocycles. The lowest BCUT2D eigenvalue weighted by molar-refractivity contribution is 0.640. The number of hydrogen-bond acceptors (Lipinski definition) is 4. The smallest absolute Gasteiger partial charge is 0.153 e. The van der Waals surface area contributed by atoms with Crippen LogP contribution in [0.15, 0.2) is 33.8 Å². The molecule has 0 saturated heterocycles. The molecule has 0 bridgehead atoms. The molecule has 1 heterocycles. The standard InChI is InChI=1S/C12H15BrN4S/c1-8-3-5-9(6-4-8)18-7-10(14)11-12(13)15-16-17(11)2/h3-6,10H,7,14H2,1-2H3. The maximum atomic E-state index is 6.17. The van der Waals surface area contributed by atoms with Gasteiger partial charge in [0.25, 0.3) is 0 Å². The Hall–Kier alpha value is -0.850. The minimum absolute atomic E-state index is 0.0920. The lowest BCUT2D eigenvalue weighted by Crippen LogP contribution is -2.17. The fourth-order valence-corrected chi connectivity index (χ4v) is 3.11. The van der Waals surface area contributed by atoms with Gasteiger partial charge >= 0.3 is 0 Å². The second-order valence-electron chi connectivity index (χ2n) is 4.12. The monoisotopic (exact) mass is 326 g/mol. The maximum absolute atomic E-state index is 6.17. The molecule has 2 aromatic rings. The van der Waals surface area contributed by atoms with Crippen molar-refractivity contribution in [2.45, 2.75) is 17.9 Å². The Bertz CT molecular complexity index is 504. The van der Waals surface area contributed by atoms with Gasteiger partial charge in [0.2, 0.25) is 0 Å². The molecule has 2 rings (SSSR count). The summed E-state index contributed by atoms with van der Waals surface area (Å²) in [6, 6.07) is 8.35. The van der Waals surface area contributed by atoms with Crippen molar-refractivity contribution in [1.29, 1.82) is 0 Å². The Morgan fingerprint density at radius 3 is 2.61 bits per heavy atom. The predicted molar refractivity (Wildman–Crippen MR) is 77.5 cm³/mol. The third kappa shape index (κ3) is 3.13. The molecule has 0 fully saturated rings. The van der Waals surface area contributed by atoms with Gasteiger partial charge in [-0.2, -0.15) is 0 Å². The first-order chi connectivity index (χ1) is 8.58. The summed E-state index contributed by atoms with van der Waals surface area (Å²) in [7, 11) is 1.85. The van der Waals surface area contributed by atoms with E-state index in [-0.39, 0.29) is 6.04 Å². The van der Waals surface area contributed by atoms with Gasteiger partial charge in [-0.25, -0.2) is 4.68 Å². The molecular weight excluding hydrogens is 312 g/mol. The molecule has 0 spiro atoms. The Balaban J connectivity index is 2.00. The first-order valence-electron chi connectivity index (χ1n) is 5.58. The highest BCUT2D eigenvalue weighted by atomic mass is 79.9. The second-order valence-corrected chi connectivity index (χ2v) is 5.96.